The molecule has 0 aliphatic heterocycles. The number of nitrogens with two attached hydrogens (primary N) is 1. The minimum Gasteiger partial charge on any atom is -0.469 e. The number of Topliss-reactive ketones (excluding diaryl/α,β-unsaturated/α-hetero) is 1. The molecule has 6 nitrogen and oxygen atoms in total. The highest BCUT2D eigenvalue weighted by Crippen LogP contribution is 1.97. The highest BCUT2D eigenvalue weighted by molar-refractivity contribution is 6.03. The standard InChI is InChI=1S/C8H13NO5/c1-13-6(11)4-3-5(10)7(9)8(12)14-2/h7H,3-4,9H2,1-2H3. The summed E-state index contributed by atoms with van der Waals surface area (Å²) in [5.74, 6) is -1.86. The van der Waals surface area contributed by atoms with Crippen LogP contribution in [0.5, 0.6) is 0 Å². The third-order valence-electron chi connectivity index (χ3n) is 1.61. The Labute approximate surface area is 81.3 Å². The van der Waals surface area contributed by atoms with Crippen molar-refractivity contribution in [2.24, 2.45) is 5.73 Å². The van der Waals surface area contributed by atoms with Crippen LogP contribution in [-0.2, 0) is 23.9 Å². The van der Waals surface area contributed by atoms with Crippen LogP contribution in [0.25, 0.3) is 0 Å². The van der Waals surface area contributed by atoms with Crippen LogP contribution >= 0.6 is 0 Å². The van der Waals surface area contributed by atoms with Gasteiger partial charge in [-0.2, -0.15) is 0 Å². The Bertz CT molecular complexity index is 238. The Balaban J connectivity index is 3.96. The van der Waals surface area contributed by atoms with E-state index in [0.717, 1.165) is 7.11 Å². The first kappa shape index (κ1) is 12.6. The van der Waals surface area contributed by atoms with E-state index in [4.69, 9.17) is 5.73 Å². The van der Waals surface area contributed by atoms with E-state index in [-0.39, 0.29) is 12.8 Å². The second-order valence-corrected chi connectivity index (χ2v) is 2.54. The second kappa shape index (κ2) is 6.09. The number of methoxy groups -OCH3 is 2. The van der Waals surface area contributed by atoms with Crippen LogP contribution in [0.4, 0.5) is 0 Å². The maximum absolute atomic E-state index is 11.1. The molecule has 0 saturated carbocycles. The van der Waals surface area contributed by atoms with Gasteiger partial charge in [-0.25, -0.2) is 4.79 Å². The van der Waals surface area contributed by atoms with Crippen molar-refractivity contribution in [2.75, 3.05) is 14.2 Å². The molecule has 6 heteroatoms. The Morgan fingerprint density at radius 2 is 1.71 bits per heavy atom. The Hall–Kier alpha value is -1.43. The van der Waals surface area contributed by atoms with E-state index in [1.165, 1.54) is 7.11 Å². The van der Waals surface area contributed by atoms with Crippen LogP contribution in [0, 0.1) is 0 Å². The summed E-state index contributed by atoms with van der Waals surface area (Å²) in [5.41, 5.74) is 5.22. The van der Waals surface area contributed by atoms with Gasteiger partial charge in [0.25, 0.3) is 0 Å². The topological polar surface area (TPSA) is 95.7 Å². The van der Waals surface area contributed by atoms with Gasteiger partial charge in [0, 0.05) is 6.42 Å². The number of ketones is 1. The van der Waals surface area contributed by atoms with Crippen LogP contribution in [0.2, 0.25) is 0 Å². The van der Waals surface area contributed by atoms with Crippen molar-refractivity contribution in [3.63, 3.8) is 0 Å². The fraction of sp³-hybridized carbons (Fsp3) is 0.625. The summed E-state index contributed by atoms with van der Waals surface area (Å²) >= 11 is 0. The van der Waals surface area contributed by atoms with Crippen molar-refractivity contribution in [1.29, 1.82) is 0 Å². The minimum absolute atomic E-state index is 0.0833. The molecular weight excluding hydrogens is 190 g/mol. The molecule has 0 spiro atoms. The zero-order valence-electron chi connectivity index (χ0n) is 8.11. The third-order valence-corrected chi connectivity index (χ3v) is 1.61. The smallest absolute Gasteiger partial charge is 0.330 e. The highest BCUT2D eigenvalue weighted by Gasteiger charge is 2.22. The van der Waals surface area contributed by atoms with E-state index in [2.05, 4.69) is 9.47 Å². The SMILES string of the molecule is COC(=O)CCC(=O)C(N)C(=O)OC. The summed E-state index contributed by atoms with van der Waals surface area (Å²) in [6, 6.07) is -1.32. The summed E-state index contributed by atoms with van der Waals surface area (Å²) in [7, 11) is 2.35. The van der Waals surface area contributed by atoms with Crippen LogP contribution in [-0.4, -0.2) is 38.0 Å². The molecule has 0 aliphatic carbocycles. The lowest BCUT2D eigenvalue weighted by Gasteiger charge is -2.06. The molecule has 1 atom stereocenters. The maximum atomic E-state index is 11.1. The van der Waals surface area contributed by atoms with Crippen molar-refractivity contribution >= 4 is 17.7 Å². The fourth-order valence-electron chi connectivity index (χ4n) is 0.741. The number of esters is 2. The molecule has 0 aromatic heterocycles. The first-order valence-electron chi connectivity index (χ1n) is 3.95. The number of rotatable bonds is 5. The van der Waals surface area contributed by atoms with Gasteiger partial charge in [-0.05, 0) is 0 Å². The molecule has 2 N–H and O–H groups in total. The zero-order chi connectivity index (χ0) is 11.1. The highest BCUT2D eigenvalue weighted by atomic mass is 16.5. The molecule has 0 aliphatic rings. The molecule has 0 amide bonds. The van der Waals surface area contributed by atoms with Crippen LogP contribution < -0.4 is 5.73 Å². The predicted molar refractivity (Wildman–Crippen MR) is 46.2 cm³/mol. The van der Waals surface area contributed by atoms with Gasteiger partial charge in [0.1, 0.15) is 0 Å². The summed E-state index contributed by atoms with van der Waals surface area (Å²) < 4.78 is 8.58. The van der Waals surface area contributed by atoms with E-state index in [9.17, 15) is 14.4 Å². The van der Waals surface area contributed by atoms with Crippen molar-refractivity contribution < 1.29 is 23.9 Å². The Morgan fingerprint density at radius 1 is 1.14 bits per heavy atom. The van der Waals surface area contributed by atoms with Gasteiger partial charge in [0.05, 0.1) is 20.6 Å². The number of hydrogen-bond donors (Lipinski definition) is 1. The summed E-state index contributed by atoms with van der Waals surface area (Å²) in [5, 5.41) is 0. The molecular formula is C8H13NO5. The van der Waals surface area contributed by atoms with Crippen LogP contribution in [0.15, 0.2) is 0 Å². The average molecular weight is 203 g/mol. The first-order valence-corrected chi connectivity index (χ1v) is 3.95. The molecule has 0 heterocycles. The van der Waals surface area contributed by atoms with E-state index in [1.807, 2.05) is 0 Å². The van der Waals surface area contributed by atoms with Crippen molar-refractivity contribution in [1.82, 2.24) is 0 Å². The zero-order valence-corrected chi connectivity index (χ0v) is 8.11. The molecule has 0 radical (unpaired) electrons. The van der Waals surface area contributed by atoms with Gasteiger partial charge < -0.3 is 15.2 Å². The van der Waals surface area contributed by atoms with Gasteiger partial charge in [-0.15, -0.1) is 0 Å². The Kier molecular flexibility index (Phi) is 5.47. The average Bonchev–Trinajstić information content (AvgIpc) is 2.22. The molecule has 0 fully saturated rings. The van der Waals surface area contributed by atoms with E-state index in [0.29, 0.717) is 0 Å². The molecule has 1 unspecified atom stereocenters. The van der Waals surface area contributed by atoms with Crippen LogP contribution in [0.3, 0.4) is 0 Å². The fourth-order valence-corrected chi connectivity index (χ4v) is 0.741. The summed E-state index contributed by atoms with van der Waals surface area (Å²) in [6.45, 7) is 0. The number of ether oxygens (including phenoxy) is 2. The summed E-state index contributed by atoms with van der Waals surface area (Å²) in [4.78, 5) is 32.6. The number of carbonyl (C=O) groups excluding carboxylic acids is 3. The molecule has 14 heavy (non-hydrogen) atoms. The second-order valence-electron chi connectivity index (χ2n) is 2.54. The van der Waals surface area contributed by atoms with Crippen molar-refractivity contribution in [3.8, 4) is 0 Å². The van der Waals surface area contributed by atoms with Gasteiger partial charge in [-0.3, -0.25) is 9.59 Å². The van der Waals surface area contributed by atoms with Gasteiger partial charge in [0.15, 0.2) is 11.8 Å². The third kappa shape index (κ3) is 3.99. The molecule has 0 rings (SSSR count). The van der Waals surface area contributed by atoms with E-state index < -0.39 is 23.8 Å². The lowest BCUT2D eigenvalue weighted by atomic mass is 10.1. The van der Waals surface area contributed by atoms with Crippen molar-refractivity contribution in [2.45, 2.75) is 18.9 Å². The lowest BCUT2D eigenvalue weighted by molar-refractivity contribution is -0.147. The molecule has 0 saturated heterocycles. The van der Waals surface area contributed by atoms with Gasteiger partial charge >= 0.3 is 11.9 Å². The normalized spacial score (nSPS) is 11.6. The minimum atomic E-state index is -1.32. The van der Waals surface area contributed by atoms with E-state index in [1.54, 1.807) is 0 Å². The van der Waals surface area contributed by atoms with Crippen LogP contribution in [0.1, 0.15) is 12.8 Å². The molecule has 0 aromatic carbocycles. The first-order chi connectivity index (χ1) is 6.52. The number of carbonyl (C=O) groups is 3. The molecule has 0 aromatic rings. The van der Waals surface area contributed by atoms with Gasteiger partial charge in [-0.1, -0.05) is 0 Å². The molecule has 0 bridgehead atoms. The lowest BCUT2D eigenvalue weighted by Crippen LogP contribution is -2.39. The predicted octanol–water partition coefficient (Wildman–Crippen LogP) is -0.991. The largest absolute Gasteiger partial charge is 0.469 e. The maximum Gasteiger partial charge on any atom is 0.330 e. The summed E-state index contributed by atoms with van der Waals surface area (Å²) in [6.07, 6.45) is -0.205. The monoisotopic (exact) mass is 203 g/mol. The molecule has 80 valence electrons. The van der Waals surface area contributed by atoms with Crippen molar-refractivity contribution in [3.05, 3.63) is 0 Å². The Morgan fingerprint density at radius 3 is 2.14 bits per heavy atom. The number of hydrogen-bond acceptors (Lipinski definition) is 6. The van der Waals surface area contributed by atoms with E-state index >= 15 is 0 Å². The quantitative estimate of drug-likeness (QED) is 0.455. The van der Waals surface area contributed by atoms with Gasteiger partial charge in [0.2, 0.25) is 0 Å².